The number of rotatable bonds is 3. The predicted octanol–water partition coefficient (Wildman–Crippen LogP) is 3.66. The minimum atomic E-state index is -4.39. The van der Waals surface area contributed by atoms with Gasteiger partial charge in [-0.05, 0) is 30.9 Å². The monoisotopic (exact) mass is 288 g/mol. The average Bonchev–Trinajstić information content (AvgIpc) is 2.39. The van der Waals surface area contributed by atoms with Crippen LogP contribution in [0.5, 0.6) is 0 Å². The van der Waals surface area contributed by atoms with E-state index in [0.29, 0.717) is 5.92 Å². The van der Waals surface area contributed by atoms with Crippen molar-refractivity contribution in [2.45, 2.75) is 45.0 Å². The zero-order chi connectivity index (χ0) is 14.8. The van der Waals surface area contributed by atoms with E-state index in [-0.39, 0.29) is 11.7 Å². The molecule has 3 nitrogen and oxygen atoms in total. The molecule has 0 aliphatic heterocycles. The highest BCUT2D eigenvalue weighted by Gasteiger charge is 2.31. The summed E-state index contributed by atoms with van der Waals surface area (Å²) in [5.41, 5.74) is -0.788. The van der Waals surface area contributed by atoms with E-state index in [9.17, 15) is 18.3 Å². The van der Waals surface area contributed by atoms with Crippen molar-refractivity contribution in [1.29, 1.82) is 0 Å². The van der Waals surface area contributed by atoms with E-state index < -0.39 is 18.0 Å². The summed E-state index contributed by atoms with van der Waals surface area (Å²) in [6.07, 6.45) is -0.367. The van der Waals surface area contributed by atoms with Crippen LogP contribution < -0.4 is 5.32 Å². The van der Waals surface area contributed by atoms with Gasteiger partial charge in [0.25, 0.3) is 0 Å². The molecule has 1 heterocycles. The van der Waals surface area contributed by atoms with Crippen LogP contribution in [0.1, 0.15) is 38.2 Å². The summed E-state index contributed by atoms with van der Waals surface area (Å²) in [6, 6.07) is 2.21. The van der Waals surface area contributed by atoms with E-state index in [0.717, 1.165) is 37.9 Å². The number of aliphatic hydroxyl groups is 1. The normalized spacial score (nSPS) is 25.2. The molecule has 1 saturated carbocycles. The lowest BCUT2D eigenvalue weighted by Crippen LogP contribution is -2.31. The third kappa shape index (κ3) is 3.85. The van der Waals surface area contributed by atoms with Crippen molar-refractivity contribution >= 4 is 5.82 Å². The Bertz CT molecular complexity index is 425. The van der Waals surface area contributed by atoms with E-state index in [2.05, 4.69) is 17.2 Å². The third-order valence-corrected chi connectivity index (χ3v) is 3.89. The van der Waals surface area contributed by atoms with Crippen LogP contribution >= 0.6 is 0 Å². The van der Waals surface area contributed by atoms with Crippen LogP contribution in [0.2, 0.25) is 0 Å². The largest absolute Gasteiger partial charge is 0.417 e. The Kier molecular flexibility index (Phi) is 4.52. The first kappa shape index (κ1) is 15.1. The molecule has 0 aromatic carbocycles. The molecule has 0 saturated heterocycles. The zero-order valence-corrected chi connectivity index (χ0v) is 11.3. The molecule has 0 amide bonds. The molecular formula is C14H19F3N2O. The van der Waals surface area contributed by atoms with E-state index in [4.69, 9.17) is 0 Å². The highest BCUT2D eigenvalue weighted by atomic mass is 19.4. The number of pyridine rings is 1. The Morgan fingerprint density at radius 2 is 1.90 bits per heavy atom. The van der Waals surface area contributed by atoms with Crippen LogP contribution in [0.4, 0.5) is 19.0 Å². The molecule has 1 atom stereocenters. The highest BCUT2D eigenvalue weighted by Crippen LogP contribution is 2.31. The number of nitrogens with one attached hydrogen (secondary N) is 1. The van der Waals surface area contributed by atoms with Crippen molar-refractivity contribution in [1.82, 2.24) is 4.98 Å². The number of alkyl halides is 3. The number of nitrogens with zero attached hydrogens (tertiary/aromatic N) is 1. The highest BCUT2D eigenvalue weighted by molar-refractivity contribution is 5.36. The summed E-state index contributed by atoms with van der Waals surface area (Å²) in [4.78, 5) is 3.70. The Hall–Kier alpha value is -1.30. The number of anilines is 1. The van der Waals surface area contributed by atoms with Gasteiger partial charge in [-0.15, -0.1) is 0 Å². The fourth-order valence-corrected chi connectivity index (χ4v) is 2.52. The lowest BCUT2D eigenvalue weighted by molar-refractivity contribution is -0.137. The number of halogens is 3. The Morgan fingerprint density at radius 1 is 1.25 bits per heavy atom. The molecule has 112 valence electrons. The topological polar surface area (TPSA) is 45.1 Å². The van der Waals surface area contributed by atoms with E-state index in [1.807, 2.05) is 0 Å². The lowest BCUT2D eigenvalue weighted by atomic mass is 9.82. The second-order valence-electron chi connectivity index (χ2n) is 5.54. The summed E-state index contributed by atoms with van der Waals surface area (Å²) >= 11 is 0. The molecule has 0 bridgehead atoms. The summed E-state index contributed by atoms with van der Waals surface area (Å²) < 4.78 is 37.2. The van der Waals surface area contributed by atoms with Gasteiger partial charge in [0.05, 0.1) is 5.56 Å². The quantitative estimate of drug-likeness (QED) is 0.834. The first-order chi connectivity index (χ1) is 9.36. The number of hydrogen-bond donors (Lipinski definition) is 2. The van der Waals surface area contributed by atoms with Crippen molar-refractivity contribution in [2.24, 2.45) is 11.8 Å². The van der Waals surface area contributed by atoms with Crippen molar-refractivity contribution < 1.29 is 18.3 Å². The van der Waals surface area contributed by atoms with Crippen LogP contribution in [0, 0.1) is 11.8 Å². The second-order valence-corrected chi connectivity index (χ2v) is 5.54. The van der Waals surface area contributed by atoms with E-state index >= 15 is 0 Å². The van der Waals surface area contributed by atoms with Gasteiger partial charge in [0.2, 0.25) is 0 Å². The van der Waals surface area contributed by atoms with Gasteiger partial charge < -0.3 is 10.4 Å². The smallest absolute Gasteiger partial charge is 0.373 e. The van der Waals surface area contributed by atoms with Gasteiger partial charge in [-0.2, -0.15) is 13.2 Å². The van der Waals surface area contributed by atoms with Gasteiger partial charge in [0.1, 0.15) is 12.0 Å². The van der Waals surface area contributed by atoms with E-state index in [1.165, 1.54) is 6.07 Å². The molecule has 1 aromatic heterocycles. The van der Waals surface area contributed by atoms with Crippen LogP contribution in [0.25, 0.3) is 0 Å². The zero-order valence-electron chi connectivity index (χ0n) is 11.3. The molecule has 1 aliphatic rings. The van der Waals surface area contributed by atoms with Gasteiger partial charge >= 0.3 is 6.18 Å². The maximum Gasteiger partial charge on any atom is 0.417 e. The minimum absolute atomic E-state index is 0.135. The van der Waals surface area contributed by atoms with E-state index in [1.54, 1.807) is 0 Å². The summed E-state index contributed by atoms with van der Waals surface area (Å²) in [5, 5.41) is 12.9. The van der Waals surface area contributed by atoms with Gasteiger partial charge in [0.15, 0.2) is 0 Å². The van der Waals surface area contributed by atoms with Crippen molar-refractivity contribution in [3.05, 3.63) is 23.9 Å². The molecule has 2 N–H and O–H groups in total. The average molecular weight is 288 g/mol. The Labute approximate surface area is 116 Å². The number of aliphatic hydroxyl groups excluding tert-OH is 1. The molecule has 1 fully saturated rings. The third-order valence-electron chi connectivity index (χ3n) is 3.89. The molecule has 6 heteroatoms. The molecule has 1 aliphatic carbocycles. The molecule has 0 spiro atoms. The molecule has 1 aromatic rings. The fraction of sp³-hybridized carbons (Fsp3) is 0.643. The number of hydrogen-bond acceptors (Lipinski definition) is 3. The summed E-state index contributed by atoms with van der Waals surface area (Å²) in [6.45, 7) is 2.19. The lowest BCUT2D eigenvalue weighted by Gasteiger charge is -2.30. The molecule has 0 radical (unpaired) electrons. The summed E-state index contributed by atoms with van der Waals surface area (Å²) in [7, 11) is 0. The molecule has 2 rings (SSSR count). The van der Waals surface area contributed by atoms with Crippen molar-refractivity contribution in [3.8, 4) is 0 Å². The Balaban J connectivity index is 1.93. The van der Waals surface area contributed by atoms with Crippen molar-refractivity contribution in [3.63, 3.8) is 0 Å². The van der Waals surface area contributed by atoms with Crippen LogP contribution in [0.15, 0.2) is 18.3 Å². The van der Waals surface area contributed by atoms with Crippen LogP contribution in [-0.2, 0) is 6.18 Å². The number of aromatic nitrogens is 1. The molecule has 1 unspecified atom stereocenters. The van der Waals surface area contributed by atoms with Gasteiger partial charge in [-0.25, -0.2) is 4.98 Å². The molecular weight excluding hydrogens is 269 g/mol. The maximum absolute atomic E-state index is 12.4. The van der Waals surface area contributed by atoms with Gasteiger partial charge in [-0.1, -0.05) is 19.8 Å². The standard InChI is InChI=1S/C14H19F3N2O/c1-9-2-4-10(5-3-9)13(20)19-12-7-6-11(8-18-12)14(15,16)17/h6-10,13,20H,2-5H2,1H3,(H,18,19). The maximum atomic E-state index is 12.4. The van der Waals surface area contributed by atoms with Gasteiger partial charge in [0, 0.05) is 12.1 Å². The first-order valence-corrected chi connectivity index (χ1v) is 6.84. The fourth-order valence-electron chi connectivity index (χ4n) is 2.52. The van der Waals surface area contributed by atoms with Gasteiger partial charge in [-0.3, -0.25) is 0 Å². The molecule has 20 heavy (non-hydrogen) atoms. The van der Waals surface area contributed by atoms with Crippen LogP contribution in [-0.4, -0.2) is 16.3 Å². The van der Waals surface area contributed by atoms with Crippen LogP contribution in [0.3, 0.4) is 0 Å². The minimum Gasteiger partial charge on any atom is -0.373 e. The first-order valence-electron chi connectivity index (χ1n) is 6.84. The van der Waals surface area contributed by atoms with Crippen molar-refractivity contribution in [2.75, 3.05) is 5.32 Å². The predicted molar refractivity (Wildman–Crippen MR) is 70.0 cm³/mol. The SMILES string of the molecule is CC1CCC(C(O)Nc2ccc(C(F)(F)F)cn2)CC1. The Morgan fingerprint density at radius 3 is 2.40 bits per heavy atom. The second kappa shape index (κ2) is 5.99. The summed E-state index contributed by atoms with van der Waals surface area (Å²) in [5.74, 6) is 1.09.